The molecular formula is C29H36N5O18P. The molecule has 1 aliphatic carbocycles. The minimum atomic E-state index is -5.25. The lowest BCUT2D eigenvalue weighted by Crippen LogP contribution is -2.46. The van der Waals surface area contributed by atoms with E-state index in [4.69, 9.17) is 10.2 Å². The fraction of sp³-hybridized carbons (Fsp3) is 0.448. The number of hydrogen-bond donors (Lipinski definition) is 11. The van der Waals surface area contributed by atoms with Gasteiger partial charge in [-0.2, -0.15) is 0 Å². The van der Waals surface area contributed by atoms with Crippen LogP contribution >= 0.6 is 7.82 Å². The van der Waals surface area contributed by atoms with Gasteiger partial charge in [-0.25, -0.2) is 18.9 Å². The molecule has 1 aliphatic heterocycles. The Labute approximate surface area is 295 Å². The highest BCUT2D eigenvalue weighted by molar-refractivity contribution is 7.47. The summed E-state index contributed by atoms with van der Waals surface area (Å²) in [5.74, 6) is -6.76. The van der Waals surface area contributed by atoms with Crippen LogP contribution in [0.3, 0.4) is 0 Å². The van der Waals surface area contributed by atoms with Crippen LogP contribution in [0.2, 0.25) is 0 Å². The van der Waals surface area contributed by atoms with Crippen LogP contribution in [0.25, 0.3) is 22.3 Å². The number of fused-ring (bicyclic) bond motifs is 2. The van der Waals surface area contributed by atoms with Crippen molar-refractivity contribution >= 4 is 48.6 Å². The second-order valence-electron chi connectivity index (χ2n) is 11.6. The Morgan fingerprint density at radius 1 is 0.887 bits per heavy atom. The maximum Gasteiger partial charge on any atom is 0.473 e. The lowest BCUT2D eigenvalue weighted by atomic mass is 10.0. The van der Waals surface area contributed by atoms with Gasteiger partial charge in [0.25, 0.3) is 5.56 Å². The molecule has 0 saturated carbocycles. The van der Waals surface area contributed by atoms with E-state index in [0.717, 1.165) is 17.6 Å². The van der Waals surface area contributed by atoms with Gasteiger partial charge in [0.1, 0.15) is 42.1 Å². The summed E-state index contributed by atoms with van der Waals surface area (Å²) in [6, 6.07) is 1.70. The molecule has 24 heteroatoms. The van der Waals surface area contributed by atoms with Crippen LogP contribution in [-0.4, -0.2) is 123 Å². The minimum Gasteiger partial charge on any atom is -0.481 e. The molecular weight excluding hydrogens is 737 g/mol. The smallest absolute Gasteiger partial charge is 0.473 e. The number of amides is 2. The molecule has 0 radical (unpaired) electrons. The van der Waals surface area contributed by atoms with E-state index in [1.807, 2.05) is 15.6 Å². The number of hydrogen-bond acceptors (Lipinski definition) is 14. The quantitative estimate of drug-likeness (QED) is 0.0399. The number of aromatic nitrogens is 3. The van der Waals surface area contributed by atoms with E-state index in [1.165, 1.54) is 18.2 Å². The molecule has 0 saturated heterocycles. The minimum absolute atomic E-state index is 0.0585. The Hall–Kier alpha value is -5.29. The van der Waals surface area contributed by atoms with Gasteiger partial charge in [0.05, 0.1) is 24.2 Å². The molecule has 0 bridgehead atoms. The molecule has 0 aromatic carbocycles. The summed E-state index contributed by atoms with van der Waals surface area (Å²) < 4.78 is 23.0. The number of phosphoric ester groups is 1. The van der Waals surface area contributed by atoms with Gasteiger partial charge >= 0.3 is 31.4 Å². The Kier molecular flexibility index (Phi) is 14.3. The molecule has 0 fully saturated rings. The first-order chi connectivity index (χ1) is 24.7. The van der Waals surface area contributed by atoms with Crippen LogP contribution in [0.15, 0.2) is 38.6 Å². The van der Waals surface area contributed by atoms with Crippen molar-refractivity contribution in [3.05, 3.63) is 55.3 Å². The van der Waals surface area contributed by atoms with Crippen molar-refractivity contribution in [2.45, 2.75) is 75.7 Å². The number of phosphoric acid groups is 1. The van der Waals surface area contributed by atoms with E-state index < -0.39 is 130 Å². The van der Waals surface area contributed by atoms with Gasteiger partial charge in [-0.1, -0.05) is 0 Å². The van der Waals surface area contributed by atoms with Crippen molar-refractivity contribution in [1.29, 1.82) is 0 Å². The summed E-state index contributed by atoms with van der Waals surface area (Å²) in [6.07, 6.45) is -10.3. The van der Waals surface area contributed by atoms with Crippen molar-refractivity contribution in [1.82, 2.24) is 25.2 Å². The highest BCUT2D eigenvalue weighted by Gasteiger charge is 2.34. The van der Waals surface area contributed by atoms with E-state index in [2.05, 4.69) is 14.0 Å². The van der Waals surface area contributed by atoms with Crippen molar-refractivity contribution in [2.75, 3.05) is 6.61 Å². The molecule has 53 heavy (non-hydrogen) atoms. The first-order valence-electron chi connectivity index (χ1n) is 15.5. The number of pyridine rings is 1. The SMILES string of the molecule is C[C@H](OP(=O)(O)OC[C@H](O)[C@H](O)[C@H](O)Cn1c2cc(=O)ccc-2cc2c(=O)[nH]c(=O)[nH]c21)C(=O)N[C@@H](CCC(=O)N[C@@H](CCC(=O)O)C(=O)O)C(=O)O. The Bertz CT molecular complexity index is 2040. The first kappa shape index (κ1) is 42.1. The second-order valence-corrected chi connectivity index (χ2v) is 13.0. The third-order valence-electron chi connectivity index (χ3n) is 7.60. The molecule has 1 aromatic heterocycles. The van der Waals surface area contributed by atoms with Crippen LogP contribution in [-0.2, 0) is 44.1 Å². The number of aliphatic hydroxyl groups excluding tert-OH is 3. The van der Waals surface area contributed by atoms with Gasteiger partial charge in [-0.05, 0) is 43.5 Å². The summed E-state index contributed by atoms with van der Waals surface area (Å²) >= 11 is 0. The van der Waals surface area contributed by atoms with Gasteiger partial charge in [0.2, 0.25) is 11.8 Å². The number of aliphatic carboxylic acids is 3. The third kappa shape index (κ3) is 11.9. The van der Waals surface area contributed by atoms with Crippen LogP contribution in [0, 0.1) is 0 Å². The number of carbonyl (C=O) groups excluding carboxylic acids is 2. The predicted octanol–water partition coefficient (Wildman–Crippen LogP) is -3.13. The molecule has 7 atom stereocenters. The van der Waals surface area contributed by atoms with Crippen molar-refractivity contribution in [2.24, 2.45) is 0 Å². The van der Waals surface area contributed by atoms with Crippen LogP contribution < -0.4 is 27.3 Å². The highest BCUT2D eigenvalue weighted by atomic mass is 31.2. The van der Waals surface area contributed by atoms with Gasteiger partial charge in [-0.3, -0.25) is 43.0 Å². The number of benzene rings is 1. The van der Waals surface area contributed by atoms with Crippen LogP contribution in [0.5, 0.6) is 0 Å². The number of carboxylic acid groups (broad SMARTS) is 3. The number of aliphatic hydroxyl groups is 3. The Morgan fingerprint density at radius 3 is 2.13 bits per heavy atom. The zero-order chi connectivity index (χ0) is 39.8. The molecule has 3 rings (SSSR count). The summed E-state index contributed by atoms with van der Waals surface area (Å²) in [7, 11) is -5.25. The summed E-state index contributed by atoms with van der Waals surface area (Å²) in [4.78, 5) is 109. The van der Waals surface area contributed by atoms with E-state index in [-0.39, 0.29) is 16.7 Å². The standard InChI is InChI=1S/C29H36N5O18P/c1-12(25(42)31-17(28(46)47)4-6-21(38)30-16(27(44)45)5-7-22(39)40)52-53(49,50)51-11-20(37)23(41)19(36)10-34-18-9-14(35)3-2-13(18)8-15-24(34)32-29(48)33-26(15)43/h2-3,8-9,12,16-17,19-20,23,36-37,41H,4-7,10-11H2,1H3,(H,30,38)(H,31,42)(H,39,40)(H,44,45)(H,46,47)(H,49,50)(H2,32,33,43,48)/t12-,16-,17-,19+,20-,23+/m0/s1. The predicted molar refractivity (Wildman–Crippen MR) is 176 cm³/mol. The monoisotopic (exact) mass is 773 g/mol. The topological polar surface area (TPSA) is 374 Å². The largest absolute Gasteiger partial charge is 0.481 e. The number of nitrogens with one attached hydrogen (secondary N) is 4. The van der Waals surface area contributed by atoms with E-state index in [0.29, 0.717) is 5.56 Å². The van der Waals surface area contributed by atoms with Crippen LogP contribution in [0.4, 0.5) is 0 Å². The summed E-state index contributed by atoms with van der Waals surface area (Å²) in [6.45, 7) is -0.910. The molecule has 2 aliphatic rings. The number of nitrogens with zero attached hydrogens (tertiary/aromatic N) is 1. The van der Waals surface area contributed by atoms with Gasteiger partial charge in [0.15, 0.2) is 5.43 Å². The van der Waals surface area contributed by atoms with Crippen molar-refractivity contribution in [3.8, 4) is 11.3 Å². The maximum absolute atomic E-state index is 12.5. The average molecular weight is 774 g/mol. The number of carboxylic acids is 3. The van der Waals surface area contributed by atoms with E-state index in [1.54, 1.807) is 0 Å². The number of aromatic amines is 2. The lowest BCUT2D eigenvalue weighted by molar-refractivity contribution is -0.144. The van der Waals surface area contributed by atoms with E-state index >= 15 is 0 Å². The van der Waals surface area contributed by atoms with Gasteiger partial charge < -0.3 is 50.7 Å². The molecule has 2 heterocycles. The Morgan fingerprint density at radius 2 is 1.51 bits per heavy atom. The molecule has 11 N–H and O–H groups in total. The van der Waals surface area contributed by atoms with Crippen LogP contribution in [0.1, 0.15) is 32.6 Å². The molecule has 1 unspecified atom stereocenters. The van der Waals surface area contributed by atoms with Gasteiger partial charge in [0, 0.05) is 18.9 Å². The lowest BCUT2D eigenvalue weighted by Gasteiger charge is -2.26. The molecule has 0 spiro atoms. The van der Waals surface area contributed by atoms with Gasteiger partial charge in [-0.15, -0.1) is 0 Å². The highest BCUT2D eigenvalue weighted by Crippen LogP contribution is 2.44. The molecule has 23 nitrogen and oxygen atoms in total. The number of rotatable bonds is 20. The first-order valence-corrected chi connectivity index (χ1v) is 17.0. The maximum atomic E-state index is 12.5. The summed E-state index contributed by atoms with van der Waals surface area (Å²) in [5.41, 5.74) is -1.91. The fourth-order valence-electron chi connectivity index (χ4n) is 4.89. The van der Waals surface area contributed by atoms with Crippen molar-refractivity contribution in [3.63, 3.8) is 0 Å². The number of H-pyrrole nitrogens is 2. The molecule has 290 valence electrons. The average Bonchev–Trinajstić information content (AvgIpc) is 3.06. The summed E-state index contributed by atoms with van der Waals surface area (Å²) in [5, 5.41) is 63.0. The fourth-order valence-corrected chi connectivity index (χ4v) is 5.79. The second kappa shape index (κ2) is 18.0. The zero-order valence-corrected chi connectivity index (χ0v) is 28.4. The number of carbonyl (C=O) groups is 5. The normalized spacial score (nSPS) is 16.1. The van der Waals surface area contributed by atoms with E-state index in [9.17, 15) is 68.2 Å². The zero-order valence-electron chi connectivity index (χ0n) is 27.5. The molecule has 2 amide bonds. The third-order valence-corrected chi connectivity index (χ3v) is 8.66. The Balaban J connectivity index is 1.59. The molecule has 1 aromatic rings. The van der Waals surface area contributed by atoms with Crippen molar-refractivity contribution < 1.29 is 73.1 Å².